The van der Waals surface area contributed by atoms with Gasteiger partial charge in [-0.1, -0.05) is 29.8 Å². The summed E-state index contributed by atoms with van der Waals surface area (Å²) < 4.78 is 0. The molecule has 1 aromatic heterocycles. The van der Waals surface area contributed by atoms with Crippen LogP contribution in [0.2, 0.25) is 0 Å². The van der Waals surface area contributed by atoms with Crippen molar-refractivity contribution >= 4 is 27.8 Å². The van der Waals surface area contributed by atoms with Crippen LogP contribution in [-0.2, 0) is 4.79 Å². The number of nitrogens with one attached hydrogen (secondary N) is 1. The third-order valence-electron chi connectivity index (χ3n) is 3.51. The highest BCUT2D eigenvalue weighted by Crippen LogP contribution is 2.17. The van der Waals surface area contributed by atoms with Crippen molar-refractivity contribution in [1.82, 2.24) is 15.3 Å². The van der Waals surface area contributed by atoms with Crippen molar-refractivity contribution in [3.8, 4) is 0 Å². The SMILES string of the molecule is CC(C)C(Br)C(=O)NC1CCN(c2ncccn2)CC1. The highest BCUT2D eigenvalue weighted by atomic mass is 79.9. The molecule has 0 saturated carbocycles. The quantitative estimate of drug-likeness (QED) is 0.851. The van der Waals surface area contributed by atoms with Crippen LogP contribution in [0.3, 0.4) is 0 Å². The fraction of sp³-hybridized carbons (Fsp3) is 0.643. The summed E-state index contributed by atoms with van der Waals surface area (Å²) in [7, 11) is 0. The molecule has 0 aliphatic carbocycles. The minimum absolute atomic E-state index is 0.0920. The highest BCUT2D eigenvalue weighted by Gasteiger charge is 2.25. The van der Waals surface area contributed by atoms with E-state index in [-0.39, 0.29) is 16.8 Å². The Bertz CT molecular complexity index is 432. The number of alkyl halides is 1. The molecule has 20 heavy (non-hydrogen) atoms. The van der Waals surface area contributed by atoms with E-state index < -0.39 is 0 Å². The van der Waals surface area contributed by atoms with Crippen molar-refractivity contribution in [2.75, 3.05) is 18.0 Å². The van der Waals surface area contributed by atoms with Crippen molar-refractivity contribution in [3.63, 3.8) is 0 Å². The Morgan fingerprint density at radius 3 is 2.50 bits per heavy atom. The summed E-state index contributed by atoms with van der Waals surface area (Å²) in [5.74, 6) is 1.17. The van der Waals surface area contributed by atoms with E-state index in [1.54, 1.807) is 12.4 Å². The Labute approximate surface area is 128 Å². The van der Waals surface area contributed by atoms with Gasteiger partial charge >= 0.3 is 0 Å². The Hall–Kier alpha value is -1.17. The number of hydrogen-bond donors (Lipinski definition) is 1. The van der Waals surface area contributed by atoms with Gasteiger partial charge in [-0.3, -0.25) is 4.79 Å². The molecule has 1 atom stereocenters. The summed E-state index contributed by atoms with van der Waals surface area (Å²) in [4.78, 5) is 22.6. The van der Waals surface area contributed by atoms with Crippen molar-refractivity contribution in [2.45, 2.75) is 37.6 Å². The second-order valence-corrected chi connectivity index (χ2v) is 6.45. The fourth-order valence-electron chi connectivity index (χ4n) is 2.26. The number of carbonyl (C=O) groups is 1. The minimum atomic E-state index is -0.113. The van der Waals surface area contributed by atoms with Gasteiger partial charge in [0.05, 0.1) is 4.83 Å². The van der Waals surface area contributed by atoms with Gasteiger partial charge in [-0.05, 0) is 24.8 Å². The lowest BCUT2D eigenvalue weighted by molar-refractivity contribution is -0.121. The molecule has 0 bridgehead atoms. The number of anilines is 1. The van der Waals surface area contributed by atoms with E-state index in [4.69, 9.17) is 0 Å². The van der Waals surface area contributed by atoms with E-state index >= 15 is 0 Å². The predicted molar refractivity (Wildman–Crippen MR) is 83.0 cm³/mol. The topological polar surface area (TPSA) is 58.1 Å². The first-order valence-electron chi connectivity index (χ1n) is 7.04. The molecule has 6 heteroatoms. The minimum Gasteiger partial charge on any atom is -0.352 e. The van der Waals surface area contributed by atoms with Gasteiger partial charge in [0.2, 0.25) is 11.9 Å². The average Bonchev–Trinajstić information content (AvgIpc) is 2.48. The summed E-state index contributed by atoms with van der Waals surface area (Å²) in [5, 5.41) is 3.12. The molecule has 110 valence electrons. The summed E-state index contributed by atoms with van der Waals surface area (Å²) in [5.41, 5.74) is 0. The number of halogens is 1. The number of nitrogens with zero attached hydrogens (tertiary/aromatic N) is 3. The van der Waals surface area contributed by atoms with Crippen molar-refractivity contribution < 1.29 is 4.79 Å². The first-order chi connectivity index (χ1) is 9.58. The third kappa shape index (κ3) is 3.91. The molecule has 0 spiro atoms. The van der Waals surface area contributed by atoms with Crippen LogP contribution in [0.5, 0.6) is 0 Å². The van der Waals surface area contributed by atoms with E-state index in [9.17, 15) is 4.79 Å². The standard InChI is InChI=1S/C14H21BrN4O/c1-10(2)12(15)13(20)18-11-4-8-19(9-5-11)14-16-6-3-7-17-14/h3,6-7,10-12H,4-5,8-9H2,1-2H3,(H,18,20). The average molecular weight is 341 g/mol. The van der Waals surface area contributed by atoms with Crippen molar-refractivity contribution in [2.24, 2.45) is 5.92 Å². The summed E-state index contributed by atoms with van der Waals surface area (Å²) >= 11 is 3.44. The van der Waals surface area contributed by atoms with E-state index in [0.717, 1.165) is 31.9 Å². The van der Waals surface area contributed by atoms with Crippen LogP contribution in [0.25, 0.3) is 0 Å². The first-order valence-corrected chi connectivity index (χ1v) is 7.96. The molecule has 2 rings (SSSR count). The second-order valence-electron chi connectivity index (χ2n) is 5.46. The Kier molecular flexibility index (Phi) is 5.34. The number of hydrogen-bond acceptors (Lipinski definition) is 4. The molecule has 1 fully saturated rings. The van der Waals surface area contributed by atoms with Gasteiger partial charge in [-0.15, -0.1) is 0 Å². The fourth-order valence-corrected chi connectivity index (χ4v) is 2.39. The predicted octanol–water partition coefficient (Wildman–Crippen LogP) is 1.98. The van der Waals surface area contributed by atoms with Crippen LogP contribution < -0.4 is 10.2 Å². The number of rotatable bonds is 4. The number of carbonyl (C=O) groups excluding carboxylic acids is 1. The van der Waals surface area contributed by atoms with Crippen LogP contribution >= 0.6 is 15.9 Å². The molecule has 0 aromatic carbocycles. The van der Waals surface area contributed by atoms with Gasteiger partial charge in [-0.25, -0.2) is 9.97 Å². The Morgan fingerprint density at radius 2 is 1.95 bits per heavy atom. The highest BCUT2D eigenvalue weighted by molar-refractivity contribution is 9.10. The molecule has 1 amide bonds. The molecule has 1 aliphatic rings. The molecule has 1 aromatic rings. The normalized spacial score (nSPS) is 18.1. The maximum Gasteiger partial charge on any atom is 0.234 e. The molecule has 5 nitrogen and oxygen atoms in total. The van der Waals surface area contributed by atoms with E-state index in [2.05, 4.69) is 36.1 Å². The number of aromatic nitrogens is 2. The van der Waals surface area contributed by atoms with E-state index in [0.29, 0.717) is 5.92 Å². The van der Waals surface area contributed by atoms with E-state index in [1.165, 1.54) is 0 Å². The molecule has 0 radical (unpaired) electrons. The zero-order valence-electron chi connectivity index (χ0n) is 11.9. The summed E-state index contributed by atoms with van der Waals surface area (Å²) in [6.45, 7) is 5.83. The van der Waals surface area contributed by atoms with Crippen LogP contribution in [0.4, 0.5) is 5.95 Å². The van der Waals surface area contributed by atoms with Crippen molar-refractivity contribution in [1.29, 1.82) is 0 Å². The molecular weight excluding hydrogens is 320 g/mol. The Morgan fingerprint density at radius 1 is 1.35 bits per heavy atom. The molecule has 1 N–H and O–H groups in total. The van der Waals surface area contributed by atoms with Gasteiger partial charge in [0.1, 0.15) is 0 Å². The summed E-state index contributed by atoms with van der Waals surface area (Å²) in [6, 6.07) is 2.07. The third-order valence-corrected chi connectivity index (χ3v) is 4.99. The lowest BCUT2D eigenvalue weighted by atomic mass is 10.0. The maximum absolute atomic E-state index is 12.0. The van der Waals surface area contributed by atoms with Gasteiger partial charge in [0.15, 0.2) is 0 Å². The monoisotopic (exact) mass is 340 g/mol. The number of amides is 1. The van der Waals surface area contributed by atoms with Gasteiger partial charge in [0, 0.05) is 31.5 Å². The largest absolute Gasteiger partial charge is 0.352 e. The molecule has 2 heterocycles. The second kappa shape index (κ2) is 7.02. The van der Waals surface area contributed by atoms with Gasteiger partial charge in [0.25, 0.3) is 0 Å². The molecular formula is C14H21BrN4O. The first kappa shape index (κ1) is 15.2. The maximum atomic E-state index is 12.0. The van der Waals surface area contributed by atoms with Crippen LogP contribution in [0.1, 0.15) is 26.7 Å². The zero-order chi connectivity index (χ0) is 14.5. The molecule has 1 saturated heterocycles. The van der Waals surface area contributed by atoms with E-state index in [1.807, 2.05) is 19.9 Å². The van der Waals surface area contributed by atoms with Crippen LogP contribution in [-0.4, -0.2) is 39.8 Å². The lowest BCUT2D eigenvalue weighted by Crippen LogP contribution is -2.47. The smallest absolute Gasteiger partial charge is 0.234 e. The van der Waals surface area contributed by atoms with Crippen LogP contribution in [0.15, 0.2) is 18.5 Å². The lowest BCUT2D eigenvalue weighted by Gasteiger charge is -2.32. The molecule has 1 aliphatic heterocycles. The molecule has 1 unspecified atom stereocenters. The summed E-state index contributed by atoms with van der Waals surface area (Å²) in [6.07, 6.45) is 5.38. The van der Waals surface area contributed by atoms with Crippen molar-refractivity contribution in [3.05, 3.63) is 18.5 Å². The van der Waals surface area contributed by atoms with Crippen LogP contribution in [0, 0.1) is 5.92 Å². The zero-order valence-corrected chi connectivity index (χ0v) is 13.5. The van der Waals surface area contributed by atoms with Gasteiger partial charge in [-0.2, -0.15) is 0 Å². The van der Waals surface area contributed by atoms with Gasteiger partial charge < -0.3 is 10.2 Å². The Balaban J connectivity index is 1.81. The number of piperidine rings is 1.